The topological polar surface area (TPSA) is 157 Å². The van der Waals surface area contributed by atoms with Crippen molar-refractivity contribution >= 4 is 25.6 Å². The molecule has 0 radical (unpaired) electrons. The van der Waals surface area contributed by atoms with Crippen molar-refractivity contribution in [3.63, 3.8) is 0 Å². The van der Waals surface area contributed by atoms with Crippen molar-refractivity contribution in [3.8, 4) is 5.75 Å². The van der Waals surface area contributed by atoms with Crippen molar-refractivity contribution in [2.45, 2.75) is 187 Å². The number of carboxylic acids is 1. The number of phosphoric acid groups is 1. The summed E-state index contributed by atoms with van der Waals surface area (Å²) in [5.41, 5.74) is 2.03. The molecule has 1 fully saturated rings. The molecule has 12 heteroatoms. The predicted molar refractivity (Wildman–Crippen MR) is 211 cm³/mol. The number of rotatable bonds is 30. The van der Waals surface area contributed by atoms with Crippen molar-refractivity contribution in [3.05, 3.63) is 29.8 Å². The van der Waals surface area contributed by atoms with Crippen LogP contribution >= 0.6 is 7.82 Å². The summed E-state index contributed by atoms with van der Waals surface area (Å²) in [6.45, 7) is 6.36. The number of carbonyl (C=O) groups excluding carboxylic acids is 2. The Balaban J connectivity index is 2.09. The summed E-state index contributed by atoms with van der Waals surface area (Å²) < 4.78 is 15.8. The Morgan fingerprint density at radius 2 is 1.34 bits per heavy atom. The van der Waals surface area contributed by atoms with Crippen LogP contribution < -0.4 is 9.95 Å². The van der Waals surface area contributed by atoms with E-state index in [1.165, 1.54) is 106 Å². The first-order valence-corrected chi connectivity index (χ1v) is 22.5. The molecule has 11 nitrogen and oxygen atoms in total. The number of nitrogens with zero attached hydrogens (tertiary/aromatic N) is 2. The maximum absolute atomic E-state index is 14.1. The molecule has 1 atom stereocenters. The zero-order chi connectivity index (χ0) is 39.0. The van der Waals surface area contributed by atoms with Gasteiger partial charge in [-0.05, 0) is 55.7 Å². The number of hydrogen-bond acceptors (Lipinski definition) is 6. The lowest BCUT2D eigenvalue weighted by Crippen LogP contribution is -2.71. The number of carbonyl (C=O) groups is 3. The number of aryl methyl sites for hydroxylation is 1. The highest BCUT2D eigenvalue weighted by Crippen LogP contribution is 2.37. The molecule has 0 bridgehead atoms. The maximum atomic E-state index is 14.1. The molecule has 0 saturated heterocycles. The Hall–Kier alpha value is -2.46. The first-order chi connectivity index (χ1) is 25.5. The zero-order valence-corrected chi connectivity index (χ0v) is 34.1. The van der Waals surface area contributed by atoms with Crippen molar-refractivity contribution in [1.29, 1.82) is 0 Å². The fourth-order valence-electron chi connectivity index (χ4n) is 7.71. The van der Waals surface area contributed by atoms with Gasteiger partial charge in [0.15, 0.2) is 0 Å². The lowest BCUT2D eigenvalue weighted by atomic mass is 9.86. The van der Waals surface area contributed by atoms with Crippen LogP contribution in [0.15, 0.2) is 24.3 Å². The second kappa shape index (κ2) is 26.4. The van der Waals surface area contributed by atoms with Crippen LogP contribution in [0, 0.1) is 5.92 Å². The van der Waals surface area contributed by atoms with Gasteiger partial charge in [0.05, 0.1) is 0 Å². The van der Waals surface area contributed by atoms with Crippen LogP contribution in [0.5, 0.6) is 5.75 Å². The summed E-state index contributed by atoms with van der Waals surface area (Å²) in [5.74, 6) is -1.38. The molecule has 1 saturated carbocycles. The molecule has 1 unspecified atom stereocenters. The Labute approximate surface area is 320 Å². The molecule has 304 valence electrons. The largest absolute Gasteiger partial charge is 0.524 e. The van der Waals surface area contributed by atoms with E-state index in [0.717, 1.165) is 50.5 Å². The molecule has 1 aromatic rings. The van der Waals surface area contributed by atoms with Crippen LogP contribution in [-0.2, 0) is 25.4 Å². The minimum atomic E-state index is -4.70. The molecule has 0 spiro atoms. The second-order valence-corrected chi connectivity index (χ2v) is 16.1. The average Bonchev–Trinajstić information content (AvgIpc) is 3.14. The lowest BCUT2D eigenvalue weighted by Gasteiger charge is -2.47. The third-order valence-electron chi connectivity index (χ3n) is 10.8. The number of benzene rings is 1. The van der Waals surface area contributed by atoms with Crippen molar-refractivity contribution in [1.82, 2.24) is 15.3 Å². The molecule has 0 aromatic heterocycles. The van der Waals surface area contributed by atoms with E-state index in [1.807, 2.05) is 0 Å². The summed E-state index contributed by atoms with van der Waals surface area (Å²) in [4.78, 5) is 60.8. The van der Waals surface area contributed by atoms with E-state index in [0.29, 0.717) is 18.9 Å². The van der Waals surface area contributed by atoms with Gasteiger partial charge in [0.2, 0.25) is 17.5 Å². The van der Waals surface area contributed by atoms with Gasteiger partial charge in [-0.2, -0.15) is 0 Å². The van der Waals surface area contributed by atoms with Crippen LogP contribution in [0.4, 0.5) is 0 Å². The van der Waals surface area contributed by atoms with Crippen LogP contribution in [0.3, 0.4) is 0 Å². The molecule has 2 amide bonds. The molecule has 53 heavy (non-hydrogen) atoms. The fourth-order valence-corrected chi connectivity index (χ4v) is 8.10. The van der Waals surface area contributed by atoms with Gasteiger partial charge in [0, 0.05) is 25.9 Å². The van der Waals surface area contributed by atoms with Gasteiger partial charge in [-0.25, -0.2) is 19.8 Å². The van der Waals surface area contributed by atoms with Gasteiger partial charge in [-0.3, -0.25) is 19.4 Å². The Bertz CT molecular complexity index is 1220. The van der Waals surface area contributed by atoms with E-state index in [1.54, 1.807) is 26.0 Å². The quantitative estimate of drug-likeness (QED) is 0.0259. The van der Waals surface area contributed by atoms with Crippen LogP contribution in [0.2, 0.25) is 0 Å². The molecule has 2 rings (SSSR count). The standard InChI is InChI=1S/C41H72N3O8P/c1-4-7-8-9-10-11-12-13-14-15-16-17-18-22-33-42-44(39(46)32-29-36-27-30-37(31-28-36)52-53(49,50)51)41(6-3,40(47)48)43(38(45)5-2)34-23-26-35-24-20-19-21-25-35/h27-28,30-31,35,42H,4-26,29,32-34H2,1-3H3,(H,47,48)(H2,49,50,51). The van der Waals surface area contributed by atoms with E-state index in [2.05, 4.69) is 16.9 Å². The number of carboxylic acid groups (broad SMARTS) is 1. The van der Waals surface area contributed by atoms with Gasteiger partial charge in [-0.1, -0.05) is 148 Å². The highest BCUT2D eigenvalue weighted by Gasteiger charge is 2.52. The molecule has 1 aliphatic rings. The highest BCUT2D eigenvalue weighted by atomic mass is 31.2. The van der Waals surface area contributed by atoms with Crippen molar-refractivity contribution in [2.24, 2.45) is 5.92 Å². The first kappa shape index (κ1) is 46.7. The lowest BCUT2D eigenvalue weighted by molar-refractivity contribution is -0.187. The number of hydrazine groups is 1. The van der Waals surface area contributed by atoms with Gasteiger partial charge in [-0.15, -0.1) is 0 Å². The van der Waals surface area contributed by atoms with E-state index in [4.69, 9.17) is 9.79 Å². The zero-order valence-electron chi connectivity index (χ0n) is 33.2. The van der Waals surface area contributed by atoms with Crippen molar-refractivity contribution < 1.29 is 38.4 Å². The number of amides is 2. The number of hydrogen-bond donors (Lipinski definition) is 4. The molecular weight excluding hydrogens is 693 g/mol. The van der Waals surface area contributed by atoms with E-state index >= 15 is 0 Å². The SMILES string of the molecule is CCCCCCCCCCCCCCCCNN(C(=O)CCc1ccc(OP(=O)(O)O)cc1)C(CC)(C(=O)O)N(CCCC1CCCCC1)C(=O)CC. The summed E-state index contributed by atoms with van der Waals surface area (Å²) in [7, 11) is -4.70. The summed E-state index contributed by atoms with van der Waals surface area (Å²) in [5, 5.41) is 12.2. The number of unbranched alkanes of at least 4 members (excludes halogenated alkanes) is 13. The second-order valence-electron chi connectivity index (χ2n) is 15.0. The third kappa shape index (κ3) is 17.7. The summed E-state index contributed by atoms with van der Waals surface area (Å²) in [6, 6.07) is 6.08. The fraction of sp³-hybridized carbons (Fsp3) is 0.780. The number of phosphoric ester groups is 1. The molecule has 0 aliphatic heterocycles. The summed E-state index contributed by atoms with van der Waals surface area (Å²) in [6.07, 6.45) is 25.1. The van der Waals surface area contributed by atoms with E-state index in [-0.39, 0.29) is 43.9 Å². The summed E-state index contributed by atoms with van der Waals surface area (Å²) >= 11 is 0. The Morgan fingerprint density at radius 3 is 1.83 bits per heavy atom. The Kier molecular flexibility index (Phi) is 23.2. The number of aliphatic carboxylic acids is 1. The average molecular weight is 766 g/mol. The third-order valence-corrected chi connectivity index (χ3v) is 11.2. The first-order valence-electron chi connectivity index (χ1n) is 20.9. The maximum Gasteiger partial charge on any atom is 0.524 e. The van der Waals surface area contributed by atoms with Crippen LogP contribution in [0.25, 0.3) is 0 Å². The highest BCUT2D eigenvalue weighted by molar-refractivity contribution is 7.46. The molecule has 0 heterocycles. The monoisotopic (exact) mass is 766 g/mol. The minimum Gasteiger partial charge on any atom is -0.478 e. The minimum absolute atomic E-state index is 0.00249. The number of nitrogens with one attached hydrogen (secondary N) is 1. The van der Waals surface area contributed by atoms with E-state index in [9.17, 15) is 24.1 Å². The van der Waals surface area contributed by atoms with Gasteiger partial charge < -0.3 is 14.5 Å². The van der Waals surface area contributed by atoms with Crippen molar-refractivity contribution in [2.75, 3.05) is 13.1 Å². The normalized spacial score (nSPS) is 14.8. The Morgan fingerprint density at radius 1 is 0.792 bits per heavy atom. The molecule has 1 aromatic carbocycles. The predicted octanol–water partition coefficient (Wildman–Crippen LogP) is 9.70. The van der Waals surface area contributed by atoms with Gasteiger partial charge in [0.1, 0.15) is 5.75 Å². The van der Waals surface area contributed by atoms with Gasteiger partial charge in [0.25, 0.3) is 0 Å². The van der Waals surface area contributed by atoms with E-state index < -0.39 is 25.4 Å². The molecule has 1 aliphatic carbocycles. The molecular formula is C41H72N3O8P. The van der Waals surface area contributed by atoms with Gasteiger partial charge >= 0.3 is 13.8 Å². The van der Waals surface area contributed by atoms with Crippen LogP contribution in [0.1, 0.15) is 180 Å². The smallest absolute Gasteiger partial charge is 0.478 e. The van der Waals surface area contributed by atoms with Crippen LogP contribution in [-0.4, -0.2) is 61.3 Å². The molecule has 4 N–H and O–H groups in total.